The zero-order valence-corrected chi connectivity index (χ0v) is 13.3. The van der Waals surface area contributed by atoms with E-state index in [-0.39, 0.29) is 5.91 Å². The molecule has 2 aromatic rings. The van der Waals surface area contributed by atoms with Gasteiger partial charge in [0.2, 0.25) is 0 Å². The minimum absolute atomic E-state index is 0.0170. The van der Waals surface area contributed by atoms with Crippen LogP contribution in [0.4, 0.5) is 0 Å². The van der Waals surface area contributed by atoms with Gasteiger partial charge in [-0.1, -0.05) is 6.92 Å². The van der Waals surface area contributed by atoms with Crippen molar-refractivity contribution in [2.75, 3.05) is 6.54 Å². The lowest BCUT2D eigenvalue weighted by molar-refractivity contribution is 0.0950. The van der Waals surface area contributed by atoms with Crippen LogP contribution < -0.4 is 5.32 Å². The number of nitrogens with zero attached hydrogens (tertiary/aromatic N) is 2. The summed E-state index contributed by atoms with van der Waals surface area (Å²) >= 11 is 1.53. The predicted octanol–water partition coefficient (Wildman–Crippen LogP) is 2.94. The maximum atomic E-state index is 12.0. The number of thiophene rings is 1. The molecule has 0 saturated heterocycles. The summed E-state index contributed by atoms with van der Waals surface area (Å²) in [6.45, 7) is 9.66. The fourth-order valence-corrected chi connectivity index (χ4v) is 2.91. The molecule has 20 heavy (non-hydrogen) atoms. The first kappa shape index (κ1) is 14.8. The number of hydrogen-bond acceptors (Lipinski definition) is 3. The van der Waals surface area contributed by atoms with Gasteiger partial charge in [0.1, 0.15) is 0 Å². The summed E-state index contributed by atoms with van der Waals surface area (Å²) < 4.78 is 2.00. The Bertz CT molecular complexity index is 600. The number of aryl methyl sites for hydroxylation is 3. The standard InChI is InChI=1S/C15H21N3OS/c1-10(9-18-12(3)7-11(2)17-18)8-16-15(19)14-6-5-13(4)20-14/h5-7,10H,8-9H2,1-4H3,(H,16,19). The quantitative estimate of drug-likeness (QED) is 0.920. The van der Waals surface area contributed by atoms with Crippen LogP contribution in [0.5, 0.6) is 0 Å². The van der Waals surface area contributed by atoms with Gasteiger partial charge in [0.15, 0.2) is 0 Å². The van der Waals surface area contributed by atoms with Crippen LogP contribution in [0.1, 0.15) is 32.9 Å². The second kappa shape index (κ2) is 6.22. The molecule has 0 bridgehead atoms. The normalized spacial score (nSPS) is 12.4. The van der Waals surface area contributed by atoms with Crippen LogP contribution in [0.2, 0.25) is 0 Å². The van der Waals surface area contributed by atoms with E-state index in [1.807, 2.05) is 30.7 Å². The number of nitrogens with one attached hydrogen (secondary N) is 1. The van der Waals surface area contributed by atoms with Gasteiger partial charge in [-0.2, -0.15) is 5.10 Å². The number of aromatic nitrogens is 2. The van der Waals surface area contributed by atoms with E-state index in [1.165, 1.54) is 11.3 Å². The maximum absolute atomic E-state index is 12.0. The van der Waals surface area contributed by atoms with Gasteiger partial charge in [-0.3, -0.25) is 9.48 Å². The number of rotatable bonds is 5. The molecule has 2 aromatic heterocycles. The van der Waals surface area contributed by atoms with E-state index in [2.05, 4.69) is 30.3 Å². The molecule has 2 rings (SSSR count). The summed E-state index contributed by atoms with van der Waals surface area (Å²) in [5.74, 6) is 0.362. The van der Waals surface area contributed by atoms with E-state index in [1.54, 1.807) is 0 Å². The van der Waals surface area contributed by atoms with Crippen LogP contribution in [0.15, 0.2) is 18.2 Å². The topological polar surface area (TPSA) is 46.9 Å². The fraction of sp³-hybridized carbons (Fsp3) is 0.467. The molecule has 0 fully saturated rings. The molecule has 4 nitrogen and oxygen atoms in total. The molecule has 5 heteroatoms. The van der Waals surface area contributed by atoms with Gasteiger partial charge in [0, 0.05) is 23.7 Å². The molecule has 0 aliphatic carbocycles. The van der Waals surface area contributed by atoms with Crippen LogP contribution in [0.3, 0.4) is 0 Å². The van der Waals surface area contributed by atoms with Gasteiger partial charge in [-0.05, 0) is 44.9 Å². The summed E-state index contributed by atoms with van der Waals surface area (Å²) in [5.41, 5.74) is 2.20. The van der Waals surface area contributed by atoms with Crippen molar-refractivity contribution in [2.24, 2.45) is 5.92 Å². The average molecular weight is 291 g/mol. The molecule has 1 atom stereocenters. The molecule has 0 saturated carbocycles. The van der Waals surface area contributed by atoms with Crippen LogP contribution in [0, 0.1) is 26.7 Å². The van der Waals surface area contributed by atoms with E-state index in [0.717, 1.165) is 27.7 Å². The first-order chi connectivity index (χ1) is 9.45. The Balaban J connectivity index is 1.84. The molecular formula is C15H21N3OS. The summed E-state index contributed by atoms with van der Waals surface area (Å²) in [6, 6.07) is 5.92. The molecule has 2 heterocycles. The average Bonchev–Trinajstić information content (AvgIpc) is 2.93. The van der Waals surface area contributed by atoms with Gasteiger partial charge in [-0.25, -0.2) is 0 Å². The molecule has 0 aliphatic rings. The summed E-state index contributed by atoms with van der Waals surface area (Å²) in [7, 11) is 0. The zero-order chi connectivity index (χ0) is 14.7. The first-order valence-electron chi connectivity index (χ1n) is 6.81. The molecule has 1 amide bonds. The number of hydrogen-bond donors (Lipinski definition) is 1. The van der Waals surface area contributed by atoms with Gasteiger partial charge < -0.3 is 5.32 Å². The molecule has 0 aliphatic heterocycles. The minimum Gasteiger partial charge on any atom is -0.351 e. The Kier molecular flexibility index (Phi) is 4.60. The lowest BCUT2D eigenvalue weighted by atomic mass is 10.2. The number of carbonyl (C=O) groups excluding carboxylic acids is 1. The largest absolute Gasteiger partial charge is 0.351 e. The van der Waals surface area contributed by atoms with Crippen molar-refractivity contribution in [1.82, 2.24) is 15.1 Å². The second-order valence-electron chi connectivity index (χ2n) is 5.33. The fourth-order valence-electron chi connectivity index (χ4n) is 2.13. The third-order valence-corrected chi connectivity index (χ3v) is 4.16. The van der Waals surface area contributed by atoms with Crippen molar-refractivity contribution in [1.29, 1.82) is 0 Å². The van der Waals surface area contributed by atoms with E-state index in [4.69, 9.17) is 0 Å². The highest BCUT2D eigenvalue weighted by molar-refractivity contribution is 7.13. The van der Waals surface area contributed by atoms with Gasteiger partial charge in [-0.15, -0.1) is 11.3 Å². The molecule has 0 spiro atoms. The zero-order valence-electron chi connectivity index (χ0n) is 12.4. The maximum Gasteiger partial charge on any atom is 0.261 e. The van der Waals surface area contributed by atoms with Crippen molar-refractivity contribution < 1.29 is 4.79 Å². The van der Waals surface area contributed by atoms with Crippen molar-refractivity contribution in [2.45, 2.75) is 34.2 Å². The smallest absolute Gasteiger partial charge is 0.261 e. The summed E-state index contributed by atoms with van der Waals surface area (Å²) in [5, 5.41) is 7.43. The lowest BCUT2D eigenvalue weighted by Crippen LogP contribution is -2.29. The highest BCUT2D eigenvalue weighted by Gasteiger charge is 2.11. The summed E-state index contributed by atoms with van der Waals surface area (Å²) in [4.78, 5) is 13.9. The molecular weight excluding hydrogens is 270 g/mol. The first-order valence-corrected chi connectivity index (χ1v) is 7.63. The van der Waals surface area contributed by atoms with E-state index in [0.29, 0.717) is 12.5 Å². The Morgan fingerprint density at radius 2 is 2.15 bits per heavy atom. The molecule has 1 unspecified atom stereocenters. The van der Waals surface area contributed by atoms with E-state index in [9.17, 15) is 4.79 Å². The van der Waals surface area contributed by atoms with E-state index < -0.39 is 0 Å². The van der Waals surface area contributed by atoms with Crippen LogP contribution >= 0.6 is 11.3 Å². The van der Waals surface area contributed by atoms with Crippen molar-refractivity contribution >= 4 is 17.2 Å². The highest BCUT2D eigenvalue weighted by atomic mass is 32.1. The Morgan fingerprint density at radius 3 is 2.70 bits per heavy atom. The lowest BCUT2D eigenvalue weighted by Gasteiger charge is -2.13. The van der Waals surface area contributed by atoms with Crippen molar-refractivity contribution in [3.8, 4) is 0 Å². The third-order valence-electron chi connectivity index (χ3n) is 3.16. The van der Waals surface area contributed by atoms with Crippen molar-refractivity contribution in [3.05, 3.63) is 39.3 Å². The van der Waals surface area contributed by atoms with Crippen molar-refractivity contribution in [3.63, 3.8) is 0 Å². The Labute approximate surface area is 123 Å². The second-order valence-corrected chi connectivity index (χ2v) is 6.62. The monoisotopic (exact) mass is 291 g/mol. The van der Waals surface area contributed by atoms with Crippen LogP contribution in [-0.2, 0) is 6.54 Å². The number of carbonyl (C=O) groups is 1. The predicted molar refractivity (Wildman–Crippen MR) is 82.3 cm³/mol. The summed E-state index contributed by atoms with van der Waals surface area (Å²) in [6.07, 6.45) is 0. The van der Waals surface area contributed by atoms with Crippen LogP contribution in [0.25, 0.3) is 0 Å². The van der Waals surface area contributed by atoms with Gasteiger partial charge in [0.05, 0.1) is 10.6 Å². The van der Waals surface area contributed by atoms with E-state index >= 15 is 0 Å². The Hall–Kier alpha value is -1.62. The SMILES string of the molecule is Cc1cc(C)n(CC(C)CNC(=O)c2ccc(C)s2)n1. The van der Waals surface area contributed by atoms with Gasteiger partial charge >= 0.3 is 0 Å². The number of amides is 1. The highest BCUT2D eigenvalue weighted by Crippen LogP contribution is 2.14. The Morgan fingerprint density at radius 1 is 1.40 bits per heavy atom. The van der Waals surface area contributed by atoms with Gasteiger partial charge in [0.25, 0.3) is 5.91 Å². The third kappa shape index (κ3) is 3.70. The molecule has 0 aromatic carbocycles. The minimum atomic E-state index is 0.0170. The molecule has 108 valence electrons. The van der Waals surface area contributed by atoms with Crippen LogP contribution in [-0.4, -0.2) is 22.2 Å². The molecule has 1 N–H and O–H groups in total. The molecule has 0 radical (unpaired) electrons.